The summed E-state index contributed by atoms with van der Waals surface area (Å²) in [5.41, 5.74) is 1.03. The highest BCUT2D eigenvalue weighted by atomic mass is 79.9. The number of aromatic nitrogens is 2. The predicted octanol–water partition coefficient (Wildman–Crippen LogP) is 3.01. The summed E-state index contributed by atoms with van der Waals surface area (Å²) < 4.78 is 2.64. The lowest BCUT2D eigenvalue weighted by Gasteiger charge is -2.05. The zero-order chi connectivity index (χ0) is 13.7. The van der Waals surface area contributed by atoms with Crippen molar-refractivity contribution in [3.63, 3.8) is 0 Å². The lowest BCUT2D eigenvalue weighted by atomic mass is 10.2. The number of amides is 1. The first kappa shape index (κ1) is 14.1. The van der Waals surface area contributed by atoms with E-state index in [1.807, 2.05) is 30.5 Å². The summed E-state index contributed by atoms with van der Waals surface area (Å²) in [4.78, 5) is 11.7. The van der Waals surface area contributed by atoms with Crippen LogP contribution in [-0.4, -0.2) is 15.7 Å². The normalized spacial score (nSPS) is 10.4. The van der Waals surface area contributed by atoms with Crippen LogP contribution in [0.1, 0.15) is 12.0 Å². The van der Waals surface area contributed by atoms with Crippen LogP contribution in [0.3, 0.4) is 0 Å². The first-order valence-corrected chi connectivity index (χ1v) is 7.00. The minimum absolute atomic E-state index is 0.00146. The number of benzene rings is 1. The second-order valence-corrected chi connectivity index (χ2v) is 5.43. The third-order valence-electron chi connectivity index (χ3n) is 2.57. The zero-order valence-electron chi connectivity index (χ0n) is 10.1. The third kappa shape index (κ3) is 4.69. The van der Waals surface area contributed by atoms with E-state index < -0.39 is 0 Å². The maximum atomic E-state index is 11.7. The Morgan fingerprint density at radius 3 is 2.74 bits per heavy atom. The maximum absolute atomic E-state index is 11.7. The molecule has 2 aromatic rings. The number of rotatable bonds is 5. The molecular weight excluding hydrogens is 330 g/mol. The van der Waals surface area contributed by atoms with Gasteiger partial charge in [0.2, 0.25) is 5.91 Å². The van der Waals surface area contributed by atoms with Crippen LogP contribution in [-0.2, 0) is 17.9 Å². The van der Waals surface area contributed by atoms with Crippen molar-refractivity contribution in [3.8, 4) is 0 Å². The number of halogens is 2. The predicted molar refractivity (Wildman–Crippen MR) is 77.8 cm³/mol. The van der Waals surface area contributed by atoms with Crippen molar-refractivity contribution in [3.05, 3.63) is 51.7 Å². The van der Waals surface area contributed by atoms with Gasteiger partial charge in [-0.3, -0.25) is 9.48 Å². The van der Waals surface area contributed by atoms with Crippen molar-refractivity contribution in [1.82, 2.24) is 15.1 Å². The summed E-state index contributed by atoms with van der Waals surface area (Å²) in [5.74, 6) is 0.00146. The summed E-state index contributed by atoms with van der Waals surface area (Å²) >= 11 is 9.10. The van der Waals surface area contributed by atoms with Crippen LogP contribution in [0.25, 0.3) is 0 Å². The first-order chi connectivity index (χ1) is 9.13. The molecule has 0 bridgehead atoms. The molecule has 6 heteroatoms. The molecule has 0 aliphatic rings. The van der Waals surface area contributed by atoms with Gasteiger partial charge in [0.25, 0.3) is 0 Å². The number of hydrogen-bond donors (Lipinski definition) is 1. The number of carbonyl (C=O) groups is 1. The molecule has 0 aliphatic carbocycles. The fourth-order valence-corrected chi connectivity index (χ4v) is 2.02. The van der Waals surface area contributed by atoms with Gasteiger partial charge in [0.05, 0.1) is 10.7 Å². The zero-order valence-corrected chi connectivity index (χ0v) is 12.5. The third-order valence-corrected chi connectivity index (χ3v) is 3.23. The van der Waals surface area contributed by atoms with Gasteiger partial charge in [0, 0.05) is 30.7 Å². The van der Waals surface area contributed by atoms with Crippen LogP contribution in [0.15, 0.2) is 41.1 Å². The largest absolute Gasteiger partial charge is 0.352 e. The summed E-state index contributed by atoms with van der Waals surface area (Å²) in [6.45, 7) is 1.08. The Labute approximate surface area is 124 Å². The van der Waals surface area contributed by atoms with E-state index in [1.165, 1.54) is 0 Å². The number of carbonyl (C=O) groups excluding carboxylic acids is 1. The highest BCUT2D eigenvalue weighted by Gasteiger charge is 2.03. The summed E-state index contributed by atoms with van der Waals surface area (Å²) in [6.07, 6.45) is 3.94. The molecule has 1 aromatic carbocycles. The van der Waals surface area contributed by atoms with Crippen molar-refractivity contribution >= 4 is 33.4 Å². The Bertz CT molecular complexity index is 553. The lowest BCUT2D eigenvalue weighted by Crippen LogP contribution is -2.23. The minimum Gasteiger partial charge on any atom is -0.352 e. The van der Waals surface area contributed by atoms with Crippen molar-refractivity contribution in [1.29, 1.82) is 0 Å². The van der Waals surface area contributed by atoms with Crippen LogP contribution in [0.4, 0.5) is 0 Å². The van der Waals surface area contributed by atoms with Gasteiger partial charge in [-0.25, -0.2) is 0 Å². The Morgan fingerprint density at radius 2 is 2.11 bits per heavy atom. The van der Waals surface area contributed by atoms with Crippen LogP contribution >= 0.6 is 27.5 Å². The molecule has 1 N–H and O–H groups in total. The van der Waals surface area contributed by atoms with E-state index in [1.54, 1.807) is 10.9 Å². The van der Waals surface area contributed by atoms with Crippen LogP contribution in [0.2, 0.25) is 5.02 Å². The van der Waals surface area contributed by atoms with Crippen molar-refractivity contribution < 1.29 is 4.79 Å². The van der Waals surface area contributed by atoms with E-state index in [2.05, 4.69) is 26.3 Å². The standard InChI is InChI=1S/C13H13BrClN3O/c14-11-8-17-18(9-11)6-5-13(19)16-7-10-1-3-12(15)4-2-10/h1-4,8-9H,5-7H2,(H,16,19). The van der Waals surface area contributed by atoms with Gasteiger partial charge in [0.1, 0.15) is 0 Å². The lowest BCUT2D eigenvalue weighted by molar-refractivity contribution is -0.121. The van der Waals surface area contributed by atoms with Gasteiger partial charge in [-0.2, -0.15) is 5.10 Å². The molecule has 4 nitrogen and oxygen atoms in total. The van der Waals surface area contributed by atoms with Gasteiger partial charge in [-0.1, -0.05) is 23.7 Å². The van der Waals surface area contributed by atoms with E-state index >= 15 is 0 Å². The molecule has 1 amide bonds. The van der Waals surface area contributed by atoms with E-state index in [4.69, 9.17) is 11.6 Å². The SMILES string of the molecule is O=C(CCn1cc(Br)cn1)NCc1ccc(Cl)cc1. The molecule has 2 rings (SSSR count). The highest BCUT2D eigenvalue weighted by Crippen LogP contribution is 2.09. The average molecular weight is 343 g/mol. The molecule has 0 radical (unpaired) electrons. The Kier molecular flexibility index (Phi) is 4.99. The van der Waals surface area contributed by atoms with E-state index in [-0.39, 0.29) is 5.91 Å². The van der Waals surface area contributed by atoms with Gasteiger partial charge >= 0.3 is 0 Å². The molecule has 1 aromatic heterocycles. The van der Waals surface area contributed by atoms with Crippen LogP contribution in [0, 0.1) is 0 Å². The van der Waals surface area contributed by atoms with Gasteiger partial charge in [0.15, 0.2) is 0 Å². The number of hydrogen-bond acceptors (Lipinski definition) is 2. The molecule has 0 fully saturated rings. The highest BCUT2D eigenvalue weighted by molar-refractivity contribution is 9.10. The van der Waals surface area contributed by atoms with Gasteiger partial charge in [-0.05, 0) is 33.6 Å². The van der Waals surface area contributed by atoms with Crippen molar-refractivity contribution in [2.45, 2.75) is 19.5 Å². The topological polar surface area (TPSA) is 46.9 Å². The van der Waals surface area contributed by atoms with Crippen LogP contribution < -0.4 is 5.32 Å². The summed E-state index contributed by atoms with van der Waals surface area (Å²) in [5, 5.41) is 7.65. The monoisotopic (exact) mass is 341 g/mol. The molecule has 0 atom stereocenters. The first-order valence-electron chi connectivity index (χ1n) is 5.82. The van der Waals surface area contributed by atoms with E-state index in [0.717, 1.165) is 10.0 Å². The molecule has 0 saturated heterocycles. The molecule has 19 heavy (non-hydrogen) atoms. The second kappa shape index (κ2) is 6.73. The quantitative estimate of drug-likeness (QED) is 0.908. The molecular formula is C13H13BrClN3O. The summed E-state index contributed by atoms with van der Waals surface area (Å²) in [7, 11) is 0. The smallest absolute Gasteiger partial charge is 0.222 e. The van der Waals surface area contributed by atoms with Crippen molar-refractivity contribution in [2.75, 3.05) is 0 Å². The van der Waals surface area contributed by atoms with Crippen molar-refractivity contribution in [2.24, 2.45) is 0 Å². The Morgan fingerprint density at radius 1 is 1.37 bits per heavy atom. The number of nitrogens with zero attached hydrogens (tertiary/aromatic N) is 2. The molecule has 1 heterocycles. The van der Waals surface area contributed by atoms with Gasteiger partial charge in [-0.15, -0.1) is 0 Å². The number of nitrogens with one attached hydrogen (secondary N) is 1. The Balaban J connectivity index is 1.74. The molecule has 0 saturated carbocycles. The maximum Gasteiger partial charge on any atom is 0.222 e. The van der Waals surface area contributed by atoms with E-state index in [0.29, 0.717) is 24.5 Å². The fraction of sp³-hybridized carbons (Fsp3) is 0.231. The molecule has 0 spiro atoms. The number of aryl methyl sites for hydroxylation is 1. The van der Waals surface area contributed by atoms with Gasteiger partial charge < -0.3 is 5.32 Å². The second-order valence-electron chi connectivity index (χ2n) is 4.07. The van der Waals surface area contributed by atoms with E-state index in [9.17, 15) is 4.79 Å². The summed E-state index contributed by atoms with van der Waals surface area (Å²) in [6, 6.07) is 7.41. The molecule has 0 unspecified atom stereocenters. The minimum atomic E-state index is 0.00146. The molecule has 0 aliphatic heterocycles. The Hall–Kier alpha value is -1.33. The van der Waals surface area contributed by atoms with Crippen LogP contribution in [0.5, 0.6) is 0 Å². The fourth-order valence-electron chi connectivity index (χ4n) is 1.57. The molecule has 100 valence electrons. The average Bonchev–Trinajstić information content (AvgIpc) is 2.81.